The van der Waals surface area contributed by atoms with Crippen LogP contribution in [0.3, 0.4) is 0 Å². The Hall–Kier alpha value is -1.26. The molecular weight excluding hydrogens is 326 g/mol. The Kier molecular flexibility index (Phi) is 9.80. The van der Waals surface area contributed by atoms with E-state index in [1.165, 1.54) is 32.1 Å². The lowest BCUT2D eigenvalue weighted by molar-refractivity contribution is -0.0000139. The molecular formula is C19H29ClNO3-. The summed E-state index contributed by atoms with van der Waals surface area (Å²) < 4.78 is 11.1. The maximum absolute atomic E-state index is 12.4. The number of halogens is 1. The van der Waals surface area contributed by atoms with Crippen molar-refractivity contribution >= 4 is 5.78 Å². The van der Waals surface area contributed by atoms with Crippen molar-refractivity contribution in [3.63, 3.8) is 0 Å². The van der Waals surface area contributed by atoms with Crippen molar-refractivity contribution in [3.05, 3.63) is 23.8 Å². The minimum absolute atomic E-state index is 0. The van der Waals surface area contributed by atoms with Crippen molar-refractivity contribution < 1.29 is 26.7 Å². The molecule has 24 heavy (non-hydrogen) atoms. The van der Waals surface area contributed by atoms with Gasteiger partial charge in [-0.3, -0.25) is 4.79 Å². The summed E-state index contributed by atoms with van der Waals surface area (Å²) in [7, 11) is 0. The molecule has 4 nitrogen and oxygen atoms in total. The quantitative estimate of drug-likeness (QED) is 0.672. The van der Waals surface area contributed by atoms with Crippen LogP contribution in [0.2, 0.25) is 0 Å². The van der Waals surface area contributed by atoms with Crippen LogP contribution < -0.4 is 27.2 Å². The van der Waals surface area contributed by atoms with Gasteiger partial charge in [-0.25, -0.2) is 0 Å². The minimum Gasteiger partial charge on any atom is -1.00 e. The summed E-state index contributed by atoms with van der Waals surface area (Å²) in [5.41, 5.74) is 0.697. The molecule has 0 amide bonds. The Morgan fingerprint density at radius 1 is 1.08 bits per heavy atom. The number of benzene rings is 1. The molecule has 1 aromatic carbocycles. The summed E-state index contributed by atoms with van der Waals surface area (Å²) in [6.45, 7) is 5.75. The summed E-state index contributed by atoms with van der Waals surface area (Å²) >= 11 is 0. The lowest BCUT2D eigenvalue weighted by Crippen LogP contribution is -3.00. The Morgan fingerprint density at radius 2 is 1.75 bits per heavy atom. The predicted molar refractivity (Wildman–Crippen MR) is 92.6 cm³/mol. The van der Waals surface area contributed by atoms with E-state index in [1.807, 2.05) is 26.0 Å². The van der Waals surface area contributed by atoms with Gasteiger partial charge in [0.15, 0.2) is 17.3 Å². The SMILES string of the molecule is CCOc1ccc(C(=O)CCNC2CCCCC2)cc1OCC.[Cl-]. The second-order valence-electron chi connectivity index (χ2n) is 5.99. The Morgan fingerprint density at radius 3 is 2.42 bits per heavy atom. The molecule has 1 aromatic rings. The van der Waals surface area contributed by atoms with E-state index in [-0.39, 0.29) is 18.2 Å². The second kappa shape index (κ2) is 11.3. The van der Waals surface area contributed by atoms with Crippen molar-refractivity contribution in [3.8, 4) is 11.5 Å². The summed E-state index contributed by atoms with van der Waals surface area (Å²) in [5.74, 6) is 1.50. The highest BCUT2D eigenvalue weighted by atomic mass is 35.5. The summed E-state index contributed by atoms with van der Waals surface area (Å²) in [6.07, 6.45) is 6.97. The maximum atomic E-state index is 12.4. The van der Waals surface area contributed by atoms with Gasteiger partial charge < -0.3 is 27.2 Å². The first kappa shape index (κ1) is 20.8. The van der Waals surface area contributed by atoms with Gasteiger partial charge in [0.05, 0.1) is 13.2 Å². The van der Waals surface area contributed by atoms with Crippen LogP contribution in [0.15, 0.2) is 18.2 Å². The second-order valence-corrected chi connectivity index (χ2v) is 5.99. The maximum Gasteiger partial charge on any atom is 0.164 e. The Labute approximate surface area is 151 Å². The van der Waals surface area contributed by atoms with Gasteiger partial charge >= 0.3 is 0 Å². The van der Waals surface area contributed by atoms with Gasteiger partial charge in [0.2, 0.25) is 0 Å². The molecule has 0 bridgehead atoms. The molecule has 2 rings (SSSR count). The van der Waals surface area contributed by atoms with Gasteiger partial charge in [-0.2, -0.15) is 0 Å². The minimum atomic E-state index is 0. The number of hydrogen-bond donors (Lipinski definition) is 1. The fourth-order valence-electron chi connectivity index (χ4n) is 3.07. The molecule has 1 saturated carbocycles. The van der Waals surface area contributed by atoms with Gasteiger partial charge in [-0.15, -0.1) is 0 Å². The summed E-state index contributed by atoms with van der Waals surface area (Å²) in [4.78, 5) is 12.4. The number of carbonyl (C=O) groups is 1. The molecule has 136 valence electrons. The molecule has 0 aromatic heterocycles. The van der Waals surface area contributed by atoms with Gasteiger partial charge in [-0.05, 0) is 44.9 Å². The average molecular weight is 355 g/mol. The van der Waals surface area contributed by atoms with Crippen LogP contribution in [-0.2, 0) is 0 Å². The largest absolute Gasteiger partial charge is 1.00 e. The van der Waals surface area contributed by atoms with E-state index in [0.717, 1.165) is 6.54 Å². The predicted octanol–water partition coefficient (Wildman–Crippen LogP) is 0.983. The van der Waals surface area contributed by atoms with Crippen LogP contribution in [-0.4, -0.2) is 31.6 Å². The monoisotopic (exact) mass is 354 g/mol. The molecule has 0 aliphatic heterocycles. The van der Waals surface area contributed by atoms with Crippen molar-refractivity contribution in [2.24, 2.45) is 0 Å². The molecule has 0 atom stereocenters. The van der Waals surface area contributed by atoms with E-state index in [0.29, 0.717) is 42.7 Å². The fourth-order valence-corrected chi connectivity index (χ4v) is 3.07. The molecule has 0 saturated heterocycles. The highest BCUT2D eigenvalue weighted by molar-refractivity contribution is 5.96. The third kappa shape index (κ3) is 6.33. The number of Topliss-reactive ketones (excluding diaryl/α,β-unsaturated/α-hetero) is 1. The van der Waals surface area contributed by atoms with Crippen LogP contribution in [0.4, 0.5) is 0 Å². The zero-order valence-electron chi connectivity index (χ0n) is 14.8. The smallest absolute Gasteiger partial charge is 0.164 e. The van der Waals surface area contributed by atoms with Crippen molar-refractivity contribution in [2.45, 2.75) is 58.4 Å². The first-order valence-electron chi connectivity index (χ1n) is 8.90. The van der Waals surface area contributed by atoms with Gasteiger partial charge in [0.1, 0.15) is 0 Å². The van der Waals surface area contributed by atoms with Gasteiger partial charge in [0.25, 0.3) is 0 Å². The van der Waals surface area contributed by atoms with E-state index in [9.17, 15) is 4.79 Å². The van der Waals surface area contributed by atoms with E-state index in [1.54, 1.807) is 6.07 Å². The van der Waals surface area contributed by atoms with E-state index >= 15 is 0 Å². The highest BCUT2D eigenvalue weighted by Crippen LogP contribution is 2.29. The Balaban J connectivity index is 0.00000288. The Bertz CT molecular complexity index is 501. The highest BCUT2D eigenvalue weighted by Gasteiger charge is 2.14. The standard InChI is InChI=1S/C19H29NO3.ClH/c1-3-22-18-11-10-15(14-19(18)23-4-2)17(21)12-13-20-16-8-6-5-7-9-16;/h10-11,14,16,20H,3-9,12-13H2,1-2H3;1H/p-1. The van der Waals surface area contributed by atoms with Crippen LogP contribution in [0.1, 0.15) is 62.7 Å². The van der Waals surface area contributed by atoms with Gasteiger partial charge in [-0.1, -0.05) is 19.3 Å². The lowest BCUT2D eigenvalue weighted by Gasteiger charge is -2.22. The molecule has 0 radical (unpaired) electrons. The van der Waals surface area contributed by atoms with Crippen molar-refractivity contribution in [1.82, 2.24) is 5.32 Å². The lowest BCUT2D eigenvalue weighted by atomic mass is 9.95. The topological polar surface area (TPSA) is 47.6 Å². The number of rotatable bonds is 9. The van der Waals surface area contributed by atoms with Crippen molar-refractivity contribution in [2.75, 3.05) is 19.8 Å². The number of carbonyl (C=O) groups excluding carboxylic acids is 1. The van der Waals surface area contributed by atoms with Crippen LogP contribution >= 0.6 is 0 Å². The van der Waals surface area contributed by atoms with Gasteiger partial charge in [0, 0.05) is 24.6 Å². The fraction of sp³-hybridized carbons (Fsp3) is 0.632. The molecule has 1 aliphatic carbocycles. The zero-order valence-corrected chi connectivity index (χ0v) is 15.5. The molecule has 1 fully saturated rings. The summed E-state index contributed by atoms with van der Waals surface area (Å²) in [6, 6.07) is 6.06. The molecule has 1 aliphatic rings. The normalized spacial score (nSPS) is 14.8. The first-order valence-corrected chi connectivity index (χ1v) is 8.90. The van der Waals surface area contributed by atoms with Crippen LogP contribution in [0.25, 0.3) is 0 Å². The number of nitrogens with one attached hydrogen (secondary N) is 1. The van der Waals surface area contributed by atoms with E-state index < -0.39 is 0 Å². The first-order chi connectivity index (χ1) is 11.2. The number of hydrogen-bond acceptors (Lipinski definition) is 4. The van der Waals surface area contributed by atoms with Crippen LogP contribution in [0.5, 0.6) is 11.5 Å². The summed E-state index contributed by atoms with van der Waals surface area (Å²) in [5, 5.41) is 3.52. The number of ether oxygens (including phenoxy) is 2. The van der Waals surface area contributed by atoms with E-state index in [2.05, 4.69) is 5.32 Å². The molecule has 0 heterocycles. The average Bonchev–Trinajstić information content (AvgIpc) is 2.58. The third-order valence-electron chi connectivity index (χ3n) is 4.26. The number of ketones is 1. The molecule has 5 heteroatoms. The molecule has 1 N–H and O–H groups in total. The molecule has 0 spiro atoms. The third-order valence-corrected chi connectivity index (χ3v) is 4.26. The zero-order chi connectivity index (χ0) is 16.5. The van der Waals surface area contributed by atoms with E-state index in [4.69, 9.17) is 9.47 Å². The van der Waals surface area contributed by atoms with Crippen molar-refractivity contribution in [1.29, 1.82) is 0 Å². The van der Waals surface area contributed by atoms with Crippen LogP contribution in [0, 0.1) is 0 Å². The molecule has 0 unspecified atom stereocenters.